The number of amides is 2. The molecule has 1 aromatic rings. The van der Waals surface area contributed by atoms with E-state index in [1.54, 1.807) is 0 Å². The summed E-state index contributed by atoms with van der Waals surface area (Å²) in [6.45, 7) is 4.61. The number of carbonyl (C=O) groups is 1. The van der Waals surface area contributed by atoms with Crippen LogP contribution in [-0.4, -0.2) is 49.3 Å². The quantitative estimate of drug-likeness (QED) is 0.688. The molecule has 5 nitrogen and oxygen atoms in total. The zero-order valence-electron chi connectivity index (χ0n) is 14.0. The van der Waals surface area contributed by atoms with Crippen molar-refractivity contribution in [1.82, 2.24) is 15.5 Å². The fraction of sp³-hybridized carbons (Fsp3) is 0.588. The second-order valence-electron chi connectivity index (χ2n) is 6.25. The van der Waals surface area contributed by atoms with Crippen LogP contribution < -0.4 is 10.6 Å². The molecule has 1 rings (SSSR count). The van der Waals surface area contributed by atoms with Crippen LogP contribution in [0.2, 0.25) is 0 Å². The minimum Gasteiger partial charge on any atom is -0.394 e. The van der Waals surface area contributed by atoms with E-state index in [0.29, 0.717) is 12.5 Å². The topological polar surface area (TPSA) is 64.6 Å². The first-order valence-electron chi connectivity index (χ1n) is 7.80. The van der Waals surface area contributed by atoms with Crippen LogP contribution in [0.3, 0.4) is 0 Å². The molecule has 0 spiro atoms. The number of hydrogen-bond acceptors (Lipinski definition) is 3. The van der Waals surface area contributed by atoms with E-state index in [1.165, 1.54) is 0 Å². The van der Waals surface area contributed by atoms with Crippen LogP contribution in [0.4, 0.5) is 4.79 Å². The Labute approximate surface area is 133 Å². The van der Waals surface area contributed by atoms with E-state index >= 15 is 0 Å². The number of aliphatic hydroxyl groups excluding tert-OH is 1. The highest BCUT2D eigenvalue weighted by molar-refractivity contribution is 5.74. The lowest BCUT2D eigenvalue weighted by molar-refractivity contribution is 0.203. The minimum absolute atomic E-state index is 0.0403. The van der Waals surface area contributed by atoms with Gasteiger partial charge in [-0.15, -0.1) is 0 Å². The Balaban J connectivity index is 2.53. The maximum atomic E-state index is 12.0. The predicted molar refractivity (Wildman–Crippen MR) is 89.7 cm³/mol. The van der Waals surface area contributed by atoms with Gasteiger partial charge >= 0.3 is 6.03 Å². The Hall–Kier alpha value is -1.59. The Kier molecular flexibility index (Phi) is 7.91. The Morgan fingerprint density at radius 2 is 1.86 bits per heavy atom. The number of nitrogens with zero attached hydrogens (tertiary/aromatic N) is 1. The van der Waals surface area contributed by atoms with Crippen LogP contribution >= 0.6 is 0 Å². The normalized spacial score (nSPS) is 14.0. The molecule has 0 heterocycles. The summed E-state index contributed by atoms with van der Waals surface area (Å²) in [5.41, 5.74) is 1.16. The van der Waals surface area contributed by atoms with Crippen molar-refractivity contribution in [3.63, 3.8) is 0 Å². The summed E-state index contributed by atoms with van der Waals surface area (Å²) in [6.07, 6.45) is 0.764. The van der Waals surface area contributed by atoms with Crippen LogP contribution in [-0.2, 0) is 0 Å². The van der Waals surface area contributed by atoms with Crippen molar-refractivity contribution in [3.8, 4) is 0 Å². The lowest BCUT2D eigenvalue weighted by atomic mass is 10.0. The smallest absolute Gasteiger partial charge is 0.315 e. The summed E-state index contributed by atoms with van der Waals surface area (Å²) in [5.74, 6) is 0.427. The van der Waals surface area contributed by atoms with Gasteiger partial charge in [-0.25, -0.2) is 4.79 Å². The summed E-state index contributed by atoms with van der Waals surface area (Å²) in [5, 5.41) is 15.0. The Bertz CT molecular complexity index is 435. The summed E-state index contributed by atoms with van der Waals surface area (Å²) in [4.78, 5) is 14.1. The van der Waals surface area contributed by atoms with Gasteiger partial charge in [0.15, 0.2) is 0 Å². The second kappa shape index (κ2) is 9.43. The molecule has 124 valence electrons. The zero-order valence-corrected chi connectivity index (χ0v) is 14.0. The van der Waals surface area contributed by atoms with E-state index in [2.05, 4.69) is 41.5 Å². The molecule has 2 atom stereocenters. The maximum absolute atomic E-state index is 12.0. The van der Waals surface area contributed by atoms with Crippen molar-refractivity contribution < 1.29 is 9.90 Å². The highest BCUT2D eigenvalue weighted by atomic mass is 16.3. The summed E-state index contributed by atoms with van der Waals surface area (Å²) >= 11 is 0. The number of carbonyl (C=O) groups excluding carboxylic acids is 1. The number of urea groups is 1. The minimum atomic E-state index is -0.234. The average Bonchev–Trinajstić information content (AvgIpc) is 2.47. The first-order valence-corrected chi connectivity index (χ1v) is 7.80. The van der Waals surface area contributed by atoms with E-state index in [0.717, 1.165) is 12.0 Å². The van der Waals surface area contributed by atoms with Crippen LogP contribution in [0, 0.1) is 5.92 Å². The molecule has 0 bridgehead atoms. The van der Waals surface area contributed by atoms with E-state index in [1.807, 2.05) is 32.3 Å². The second-order valence-corrected chi connectivity index (χ2v) is 6.25. The van der Waals surface area contributed by atoms with E-state index < -0.39 is 0 Å². The summed E-state index contributed by atoms with van der Waals surface area (Å²) in [6, 6.07) is 9.77. The van der Waals surface area contributed by atoms with Crippen molar-refractivity contribution in [2.45, 2.75) is 32.4 Å². The lowest BCUT2D eigenvalue weighted by Crippen LogP contribution is -2.46. The van der Waals surface area contributed by atoms with Crippen molar-refractivity contribution >= 4 is 6.03 Å². The SMILES string of the molecule is CC(C)CC(CO)NC(=O)NCC(c1ccccc1)N(C)C. The van der Waals surface area contributed by atoms with Gasteiger partial charge in [0.25, 0.3) is 0 Å². The molecular formula is C17H29N3O2. The summed E-state index contributed by atoms with van der Waals surface area (Å²) in [7, 11) is 3.99. The van der Waals surface area contributed by atoms with Gasteiger partial charge in [0, 0.05) is 6.54 Å². The number of rotatable bonds is 8. The Morgan fingerprint density at radius 1 is 1.23 bits per heavy atom. The molecule has 0 saturated carbocycles. The molecule has 0 radical (unpaired) electrons. The number of benzene rings is 1. The van der Waals surface area contributed by atoms with Crippen molar-refractivity contribution in [1.29, 1.82) is 0 Å². The van der Waals surface area contributed by atoms with Gasteiger partial charge in [-0.05, 0) is 32.0 Å². The van der Waals surface area contributed by atoms with Gasteiger partial charge in [0.1, 0.15) is 0 Å². The molecule has 0 aliphatic rings. The third-order valence-electron chi connectivity index (χ3n) is 3.58. The van der Waals surface area contributed by atoms with Crippen molar-refractivity contribution in [3.05, 3.63) is 35.9 Å². The van der Waals surface area contributed by atoms with Gasteiger partial charge < -0.3 is 20.6 Å². The fourth-order valence-corrected chi connectivity index (χ4v) is 2.45. The molecule has 0 aliphatic heterocycles. The largest absolute Gasteiger partial charge is 0.394 e. The van der Waals surface area contributed by atoms with E-state index in [9.17, 15) is 9.90 Å². The molecule has 22 heavy (non-hydrogen) atoms. The molecule has 0 fully saturated rings. The van der Waals surface area contributed by atoms with E-state index in [-0.39, 0.29) is 24.7 Å². The van der Waals surface area contributed by atoms with Gasteiger partial charge in [-0.3, -0.25) is 0 Å². The molecule has 3 N–H and O–H groups in total. The van der Waals surface area contributed by atoms with Gasteiger partial charge in [-0.1, -0.05) is 44.2 Å². The highest BCUT2D eigenvalue weighted by Crippen LogP contribution is 2.16. The first kappa shape index (κ1) is 18.5. The third-order valence-corrected chi connectivity index (χ3v) is 3.58. The summed E-state index contributed by atoms with van der Waals surface area (Å²) < 4.78 is 0. The van der Waals surface area contributed by atoms with Crippen molar-refractivity contribution in [2.75, 3.05) is 27.2 Å². The number of likely N-dealkylation sites (N-methyl/N-ethyl adjacent to an activating group) is 1. The predicted octanol–water partition coefficient (Wildman–Crippen LogP) is 2.00. The average molecular weight is 307 g/mol. The molecule has 0 saturated heterocycles. The van der Waals surface area contributed by atoms with Gasteiger partial charge in [-0.2, -0.15) is 0 Å². The molecule has 0 aromatic heterocycles. The first-order chi connectivity index (χ1) is 10.4. The van der Waals surface area contributed by atoms with Crippen LogP contribution in [0.25, 0.3) is 0 Å². The van der Waals surface area contributed by atoms with Crippen LogP contribution in [0.15, 0.2) is 30.3 Å². The molecular weight excluding hydrogens is 278 g/mol. The van der Waals surface area contributed by atoms with Crippen LogP contribution in [0.5, 0.6) is 0 Å². The van der Waals surface area contributed by atoms with Crippen molar-refractivity contribution in [2.24, 2.45) is 5.92 Å². The molecule has 0 aliphatic carbocycles. The zero-order chi connectivity index (χ0) is 16.5. The highest BCUT2D eigenvalue weighted by Gasteiger charge is 2.17. The maximum Gasteiger partial charge on any atom is 0.315 e. The Morgan fingerprint density at radius 3 is 2.36 bits per heavy atom. The lowest BCUT2D eigenvalue weighted by Gasteiger charge is -2.26. The number of aliphatic hydroxyl groups is 1. The van der Waals surface area contributed by atoms with Gasteiger partial charge in [0.05, 0.1) is 18.7 Å². The van der Waals surface area contributed by atoms with Crippen LogP contribution in [0.1, 0.15) is 31.9 Å². The third kappa shape index (κ3) is 6.45. The molecule has 5 heteroatoms. The number of nitrogens with one attached hydrogen (secondary N) is 2. The molecule has 2 unspecified atom stereocenters. The molecule has 1 aromatic carbocycles. The monoisotopic (exact) mass is 307 g/mol. The number of hydrogen-bond donors (Lipinski definition) is 3. The van der Waals surface area contributed by atoms with Gasteiger partial charge in [0.2, 0.25) is 0 Å². The standard InChI is InChI=1S/C17H29N3O2/c1-13(2)10-15(12-21)19-17(22)18-11-16(20(3)4)14-8-6-5-7-9-14/h5-9,13,15-16,21H,10-12H2,1-4H3,(H2,18,19,22). The fourth-order valence-electron chi connectivity index (χ4n) is 2.45. The molecule has 2 amide bonds. The van der Waals surface area contributed by atoms with E-state index in [4.69, 9.17) is 0 Å².